The summed E-state index contributed by atoms with van der Waals surface area (Å²) < 4.78 is 0.928. The van der Waals surface area contributed by atoms with Crippen molar-refractivity contribution in [1.29, 1.82) is 0 Å². The molecule has 0 aromatic heterocycles. The van der Waals surface area contributed by atoms with Crippen molar-refractivity contribution in [2.75, 3.05) is 6.54 Å². The highest BCUT2D eigenvalue weighted by Crippen LogP contribution is 2.17. The molecule has 0 unspecified atom stereocenters. The van der Waals surface area contributed by atoms with Crippen molar-refractivity contribution in [3.8, 4) is 0 Å². The van der Waals surface area contributed by atoms with Gasteiger partial charge in [-0.2, -0.15) is 0 Å². The lowest BCUT2D eigenvalue weighted by Gasteiger charge is -2.09. The van der Waals surface area contributed by atoms with Crippen LogP contribution in [0.4, 0.5) is 0 Å². The molecular weight excluding hydrogens is 269 g/mol. The number of carboxylic acids is 1. The first-order valence-electron chi connectivity index (χ1n) is 3.83. The van der Waals surface area contributed by atoms with Crippen LogP contribution in [-0.2, 0) is 4.79 Å². The van der Waals surface area contributed by atoms with E-state index < -0.39 is 11.9 Å². The van der Waals surface area contributed by atoms with Crippen LogP contribution >= 0.6 is 28.3 Å². The Morgan fingerprint density at radius 3 is 2.29 bits per heavy atom. The van der Waals surface area contributed by atoms with Gasteiger partial charge in [0.25, 0.3) is 0 Å². The summed E-state index contributed by atoms with van der Waals surface area (Å²) in [4.78, 5) is 10.7. The minimum absolute atomic E-state index is 0. The van der Waals surface area contributed by atoms with Crippen LogP contribution in [0.2, 0.25) is 0 Å². The fourth-order valence-corrected chi connectivity index (χ4v) is 1.34. The van der Waals surface area contributed by atoms with Crippen LogP contribution in [0.3, 0.4) is 0 Å². The van der Waals surface area contributed by atoms with E-state index in [-0.39, 0.29) is 19.0 Å². The van der Waals surface area contributed by atoms with E-state index in [9.17, 15) is 4.79 Å². The van der Waals surface area contributed by atoms with Crippen LogP contribution in [0.25, 0.3) is 0 Å². The molecule has 0 saturated heterocycles. The van der Waals surface area contributed by atoms with Crippen molar-refractivity contribution in [2.45, 2.75) is 5.92 Å². The molecule has 14 heavy (non-hydrogen) atoms. The average molecular weight is 281 g/mol. The molecule has 0 spiro atoms. The van der Waals surface area contributed by atoms with Crippen LogP contribution in [0, 0.1) is 0 Å². The standard InChI is InChI=1S/C9H10BrNO2.ClH/c10-7-3-1-6(2-4-7)8(5-11)9(12)13;/h1-4,8H,5,11H2,(H,12,13);1H/t8-;/m1./s1. The van der Waals surface area contributed by atoms with Crippen molar-refractivity contribution in [3.05, 3.63) is 34.3 Å². The van der Waals surface area contributed by atoms with Gasteiger partial charge in [-0.3, -0.25) is 4.79 Å². The minimum atomic E-state index is -0.884. The van der Waals surface area contributed by atoms with Crippen LogP contribution in [-0.4, -0.2) is 17.6 Å². The normalized spacial score (nSPS) is 11.6. The molecule has 1 aromatic carbocycles. The van der Waals surface area contributed by atoms with Crippen molar-refractivity contribution in [3.63, 3.8) is 0 Å². The third-order valence-electron chi connectivity index (χ3n) is 1.81. The molecule has 1 rings (SSSR count). The van der Waals surface area contributed by atoms with Crippen molar-refractivity contribution < 1.29 is 9.90 Å². The van der Waals surface area contributed by atoms with Gasteiger partial charge in [0.05, 0.1) is 5.92 Å². The maximum atomic E-state index is 10.7. The maximum Gasteiger partial charge on any atom is 0.312 e. The summed E-state index contributed by atoms with van der Waals surface area (Å²) in [6.45, 7) is 0.122. The summed E-state index contributed by atoms with van der Waals surface area (Å²) in [6.07, 6.45) is 0. The molecule has 0 fully saturated rings. The van der Waals surface area contributed by atoms with E-state index in [0.29, 0.717) is 0 Å². The summed E-state index contributed by atoms with van der Waals surface area (Å²) in [7, 11) is 0. The highest BCUT2D eigenvalue weighted by molar-refractivity contribution is 9.10. The lowest BCUT2D eigenvalue weighted by atomic mass is 10.00. The zero-order valence-corrected chi connectivity index (χ0v) is 9.72. The van der Waals surface area contributed by atoms with Crippen molar-refractivity contribution >= 4 is 34.3 Å². The van der Waals surface area contributed by atoms with E-state index in [1.165, 1.54) is 0 Å². The smallest absolute Gasteiger partial charge is 0.312 e. The third-order valence-corrected chi connectivity index (χ3v) is 2.33. The van der Waals surface area contributed by atoms with Gasteiger partial charge in [-0.15, -0.1) is 12.4 Å². The van der Waals surface area contributed by atoms with Crippen LogP contribution in [0.15, 0.2) is 28.7 Å². The molecule has 5 heteroatoms. The van der Waals surface area contributed by atoms with E-state index in [1.807, 2.05) is 0 Å². The lowest BCUT2D eigenvalue weighted by molar-refractivity contribution is -0.138. The second-order valence-corrected chi connectivity index (χ2v) is 3.59. The number of hydrogen-bond acceptors (Lipinski definition) is 2. The fourth-order valence-electron chi connectivity index (χ4n) is 1.07. The summed E-state index contributed by atoms with van der Waals surface area (Å²) in [5.74, 6) is -1.49. The molecule has 0 amide bonds. The molecule has 78 valence electrons. The number of hydrogen-bond donors (Lipinski definition) is 2. The minimum Gasteiger partial charge on any atom is -0.481 e. The molecule has 0 saturated carbocycles. The third kappa shape index (κ3) is 3.29. The van der Waals surface area contributed by atoms with Gasteiger partial charge in [0.2, 0.25) is 0 Å². The number of carbonyl (C=O) groups is 1. The zero-order valence-electron chi connectivity index (χ0n) is 7.31. The van der Waals surface area contributed by atoms with Gasteiger partial charge in [0, 0.05) is 11.0 Å². The number of nitrogens with two attached hydrogens (primary N) is 1. The monoisotopic (exact) mass is 279 g/mol. The lowest BCUT2D eigenvalue weighted by Crippen LogP contribution is -2.20. The Morgan fingerprint density at radius 1 is 1.43 bits per heavy atom. The molecule has 0 heterocycles. The quantitative estimate of drug-likeness (QED) is 0.890. The molecule has 0 aliphatic rings. The average Bonchev–Trinajstić information content (AvgIpc) is 2.09. The molecule has 1 aromatic rings. The number of aliphatic carboxylic acids is 1. The van der Waals surface area contributed by atoms with Gasteiger partial charge in [-0.05, 0) is 17.7 Å². The van der Waals surface area contributed by atoms with Gasteiger partial charge in [-0.1, -0.05) is 28.1 Å². The van der Waals surface area contributed by atoms with Gasteiger partial charge in [0.15, 0.2) is 0 Å². The van der Waals surface area contributed by atoms with Crippen LogP contribution in [0.5, 0.6) is 0 Å². The second kappa shape index (κ2) is 6.01. The first kappa shape index (κ1) is 13.4. The molecule has 3 nitrogen and oxygen atoms in total. The topological polar surface area (TPSA) is 63.3 Å². The Morgan fingerprint density at radius 2 is 1.93 bits per heavy atom. The number of rotatable bonds is 3. The fraction of sp³-hybridized carbons (Fsp3) is 0.222. The van der Waals surface area contributed by atoms with Gasteiger partial charge in [-0.25, -0.2) is 0 Å². The Bertz CT molecular complexity index is 302. The number of benzene rings is 1. The first-order chi connectivity index (χ1) is 6.15. The molecule has 0 aliphatic carbocycles. The largest absolute Gasteiger partial charge is 0.481 e. The molecule has 0 aliphatic heterocycles. The highest BCUT2D eigenvalue weighted by atomic mass is 79.9. The molecular formula is C9H11BrClNO2. The summed E-state index contributed by atoms with van der Waals surface area (Å²) in [5, 5.41) is 8.80. The predicted molar refractivity (Wildman–Crippen MR) is 60.8 cm³/mol. The van der Waals surface area contributed by atoms with E-state index in [0.717, 1.165) is 10.0 Å². The van der Waals surface area contributed by atoms with Gasteiger partial charge >= 0.3 is 5.97 Å². The predicted octanol–water partition coefficient (Wildman–Crippen LogP) is 2.00. The van der Waals surface area contributed by atoms with E-state index >= 15 is 0 Å². The Kier molecular flexibility index (Phi) is 5.76. The molecule has 1 atom stereocenters. The Hall–Kier alpha value is -0.580. The second-order valence-electron chi connectivity index (χ2n) is 2.68. The summed E-state index contributed by atoms with van der Waals surface area (Å²) in [6, 6.07) is 7.13. The maximum absolute atomic E-state index is 10.7. The highest BCUT2D eigenvalue weighted by Gasteiger charge is 2.16. The Balaban J connectivity index is 0.00000169. The van der Waals surface area contributed by atoms with Crippen LogP contribution in [0.1, 0.15) is 11.5 Å². The van der Waals surface area contributed by atoms with Crippen molar-refractivity contribution in [1.82, 2.24) is 0 Å². The summed E-state index contributed by atoms with van der Waals surface area (Å²) in [5.41, 5.74) is 6.09. The SMILES string of the molecule is Cl.NC[C@@H](C(=O)O)c1ccc(Br)cc1. The van der Waals surface area contributed by atoms with E-state index in [2.05, 4.69) is 15.9 Å². The number of carboxylic acid groups (broad SMARTS) is 1. The van der Waals surface area contributed by atoms with Crippen LogP contribution < -0.4 is 5.73 Å². The van der Waals surface area contributed by atoms with Gasteiger partial charge in [0.1, 0.15) is 0 Å². The van der Waals surface area contributed by atoms with Crippen molar-refractivity contribution in [2.24, 2.45) is 5.73 Å². The summed E-state index contributed by atoms with van der Waals surface area (Å²) >= 11 is 3.27. The molecule has 0 radical (unpaired) electrons. The van der Waals surface area contributed by atoms with E-state index in [1.54, 1.807) is 24.3 Å². The zero-order chi connectivity index (χ0) is 9.84. The van der Waals surface area contributed by atoms with Gasteiger partial charge < -0.3 is 10.8 Å². The first-order valence-corrected chi connectivity index (χ1v) is 4.62. The molecule has 3 N–H and O–H groups in total. The Labute approximate surface area is 96.8 Å². The molecule has 0 bridgehead atoms. The number of halogens is 2. The van der Waals surface area contributed by atoms with E-state index in [4.69, 9.17) is 10.8 Å².